The van der Waals surface area contributed by atoms with Crippen LogP contribution >= 0.6 is 11.3 Å². The summed E-state index contributed by atoms with van der Waals surface area (Å²) >= 11 is 1.31. The molecule has 1 aromatic heterocycles. The van der Waals surface area contributed by atoms with E-state index in [-0.39, 0.29) is 24.7 Å². The number of methoxy groups -OCH3 is 1. The van der Waals surface area contributed by atoms with Gasteiger partial charge in [0.15, 0.2) is 16.4 Å². The molecule has 146 valence electrons. The zero-order valence-electron chi connectivity index (χ0n) is 14.9. The summed E-state index contributed by atoms with van der Waals surface area (Å²) in [6.07, 6.45) is 0.391. The molecule has 9 heteroatoms. The van der Waals surface area contributed by atoms with Crippen LogP contribution in [0.3, 0.4) is 0 Å². The SMILES string of the molecule is COCCN(C(=O)COC(=O)c1cc2ccccc2s1)[C@H]1CCS(=O)(=O)C1. The van der Waals surface area contributed by atoms with Crippen molar-refractivity contribution in [3.63, 3.8) is 0 Å². The Morgan fingerprint density at radius 2 is 2.07 bits per heavy atom. The van der Waals surface area contributed by atoms with Crippen molar-refractivity contribution in [2.45, 2.75) is 12.5 Å². The van der Waals surface area contributed by atoms with Crippen LogP contribution in [0.15, 0.2) is 30.3 Å². The fourth-order valence-electron chi connectivity index (χ4n) is 3.09. The predicted octanol–water partition coefficient (Wildman–Crippen LogP) is 1.72. The van der Waals surface area contributed by atoms with Gasteiger partial charge in [-0.2, -0.15) is 0 Å². The summed E-state index contributed by atoms with van der Waals surface area (Å²) in [5.41, 5.74) is 0. The predicted molar refractivity (Wildman–Crippen MR) is 103 cm³/mol. The average molecular weight is 412 g/mol. The number of rotatable bonds is 7. The van der Waals surface area contributed by atoms with Gasteiger partial charge < -0.3 is 14.4 Å². The van der Waals surface area contributed by atoms with Gasteiger partial charge in [-0.3, -0.25) is 4.79 Å². The van der Waals surface area contributed by atoms with E-state index in [1.54, 1.807) is 6.07 Å². The van der Waals surface area contributed by atoms with Crippen molar-refractivity contribution < 1.29 is 27.5 Å². The molecule has 1 atom stereocenters. The van der Waals surface area contributed by atoms with Crippen molar-refractivity contribution in [2.24, 2.45) is 0 Å². The molecule has 7 nitrogen and oxygen atoms in total. The van der Waals surface area contributed by atoms with Crippen molar-refractivity contribution in [1.29, 1.82) is 0 Å². The second kappa shape index (κ2) is 8.37. The molecule has 0 saturated carbocycles. The summed E-state index contributed by atoms with van der Waals surface area (Å²) in [6.45, 7) is 0.121. The van der Waals surface area contributed by atoms with Crippen molar-refractivity contribution in [3.05, 3.63) is 35.2 Å². The molecule has 1 aliphatic heterocycles. The highest BCUT2D eigenvalue weighted by molar-refractivity contribution is 7.91. The van der Waals surface area contributed by atoms with E-state index in [1.807, 2.05) is 24.3 Å². The van der Waals surface area contributed by atoms with Gasteiger partial charge in [0.25, 0.3) is 5.91 Å². The number of hydrogen-bond donors (Lipinski definition) is 0. The second-order valence-electron chi connectivity index (χ2n) is 6.36. The lowest BCUT2D eigenvalue weighted by Crippen LogP contribution is -2.45. The smallest absolute Gasteiger partial charge is 0.348 e. The fourth-order valence-corrected chi connectivity index (χ4v) is 5.77. The lowest BCUT2D eigenvalue weighted by Gasteiger charge is -2.27. The van der Waals surface area contributed by atoms with Gasteiger partial charge in [0.1, 0.15) is 4.88 Å². The molecule has 2 aromatic rings. The maximum Gasteiger partial charge on any atom is 0.348 e. The summed E-state index contributed by atoms with van der Waals surface area (Å²) in [6, 6.07) is 8.92. The molecule has 0 bridgehead atoms. The average Bonchev–Trinajstić information content (AvgIpc) is 3.23. The van der Waals surface area contributed by atoms with Crippen LogP contribution < -0.4 is 0 Å². The number of carbonyl (C=O) groups excluding carboxylic acids is 2. The minimum absolute atomic E-state index is 0.0628. The summed E-state index contributed by atoms with van der Waals surface area (Å²) < 4.78 is 34.6. The molecular weight excluding hydrogens is 390 g/mol. The minimum atomic E-state index is -3.13. The third-order valence-corrected chi connectivity index (χ3v) is 7.31. The van der Waals surface area contributed by atoms with Crippen LogP contribution in [0.25, 0.3) is 10.1 Å². The molecule has 0 unspecified atom stereocenters. The largest absolute Gasteiger partial charge is 0.451 e. The first-order valence-electron chi connectivity index (χ1n) is 8.54. The molecule has 2 heterocycles. The molecule has 1 fully saturated rings. The number of esters is 1. The van der Waals surface area contributed by atoms with Crippen LogP contribution in [0.4, 0.5) is 0 Å². The Balaban J connectivity index is 1.63. The number of fused-ring (bicyclic) bond motifs is 1. The van der Waals surface area contributed by atoms with Crippen LogP contribution in [0.5, 0.6) is 0 Å². The number of benzene rings is 1. The number of hydrogen-bond acceptors (Lipinski definition) is 7. The van der Waals surface area contributed by atoms with E-state index in [1.165, 1.54) is 23.3 Å². The molecule has 1 saturated heterocycles. The third kappa shape index (κ3) is 4.85. The number of nitrogens with zero attached hydrogens (tertiary/aromatic N) is 1. The Bertz CT molecular complexity index is 903. The summed E-state index contributed by atoms with van der Waals surface area (Å²) in [7, 11) is -1.62. The quantitative estimate of drug-likeness (QED) is 0.645. The topological polar surface area (TPSA) is 90.0 Å². The molecule has 0 aliphatic carbocycles. The van der Waals surface area contributed by atoms with E-state index < -0.39 is 34.4 Å². The van der Waals surface area contributed by atoms with Crippen molar-refractivity contribution in [1.82, 2.24) is 4.90 Å². The van der Waals surface area contributed by atoms with Gasteiger partial charge >= 0.3 is 5.97 Å². The zero-order valence-corrected chi connectivity index (χ0v) is 16.6. The number of thiophene rings is 1. The van der Waals surface area contributed by atoms with Crippen LogP contribution in [0, 0.1) is 0 Å². The van der Waals surface area contributed by atoms with E-state index in [0.29, 0.717) is 11.3 Å². The molecule has 3 rings (SSSR count). The van der Waals surface area contributed by atoms with Gasteiger partial charge in [-0.1, -0.05) is 18.2 Å². The van der Waals surface area contributed by atoms with E-state index in [0.717, 1.165) is 10.1 Å². The molecule has 0 spiro atoms. The summed E-state index contributed by atoms with van der Waals surface area (Å²) in [4.78, 5) is 26.7. The molecule has 0 N–H and O–H groups in total. The molecule has 27 heavy (non-hydrogen) atoms. The molecule has 0 radical (unpaired) electrons. The highest BCUT2D eigenvalue weighted by atomic mass is 32.2. The number of amides is 1. The van der Waals surface area contributed by atoms with E-state index >= 15 is 0 Å². The standard InChI is InChI=1S/C18H21NO6S2/c1-24-8-7-19(14-6-9-27(22,23)12-14)17(20)11-25-18(21)16-10-13-4-2-3-5-15(13)26-16/h2-5,10,14H,6-9,11-12H2,1H3/t14-/m0/s1. The highest BCUT2D eigenvalue weighted by Crippen LogP contribution is 2.26. The Labute approximate surface area is 161 Å². The van der Waals surface area contributed by atoms with Crippen molar-refractivity contribution in [2.75, 3.05) is 38.4 Å². The van der Waals surface area contributed by atoms with Crippen LogP contribution in [-0.4, -0.2) is 69.6 Å². The van der Waals surface area contributed by atoms with Gasteiger partial charge in [0.05, 0.1) is 18.1 Å². The van der Waals surface area contributed by atoms with Gasteiger partial charge in [-0.25, -0.2) is 13.2 Å². The van der Waals surface area contributed by atoms with Crippen LogP contribution in [-0.2, 0) is 24.1 Å². The van der Waals surface area contributed by atoms with Gasteiger partial charge in [0, 0.05) is 24.4 Å². The number of sulfone groups is 1. The Morgan fingerprint density at radius 3 is 2.74 bits per heavy atom. The van der Waals surface area contributed by atoms with Gasteiger partial charge in [0.2, 0.25) is 0 Å². The second-order valence-corrected chi connectivity index (χ2v) is 9.67. The molecule has 1 aromatic carbocycles. The monoisotopic (exact) mass is 411 g/mol. The van der Waals surface area contributed by atoms with E-state index in [9.17, 15) is 18.0 Å². The minimum Gasteiger partial charge on any atom is -0.451 e. The maximum absolute atomic E-state index is 12.6. The first-order chi connectivity index (χ1) is 12.9. The number of ether oxygens (including phenoxy) is 2. The molecule has 1 amide bonds. The first-order valence-corrected chi connectivity index (χ1v) is 11.2. The third-order valence-electron chi connectivity index (χ3n) is 4.46. The molecular formula is C18H21NO6S2. The fraction of sp³-hybridized carbons (Fsp3) is 0.444. The number of carbonyl (C=O) groups is 2. The Morgan fingerprint density at radius 1 is 1.30 bits per heavy atom. The summed E-state index contributed by atoms with van der Waals surface area (Å²) in [5, 5.41) is 0.943. The van der Waals surface area contributed by atoms with Gasteiger partial charge in [-0.15, -0.1) is 11.3 Å². The first kappa shape index (κ1) is 19.8. The molecule has 1 aliphatic rings. The van der Waals surface area contributed by atoms with Crippen molar-refractivity contribution in [3.8, 4) is 0 Å². The van der Waals surface area contributed by atoms with Crippen LogP contribution in [0.2, 0.25) is 0 Å². The van der Waals surface area contributed by atoms with Gasteiger partial charge in [-0.05, 0) is 23.9 Å². The normalized spacial score (nSPS) is 18.5. The van der Waals surface area contributed by atoms with E-state index in [2.05, 4.69) is 0 Å². The lowest BCUT2D eigenvalue weighted by molar-refractivity contribution is -0.137. The summed E-state index contributed by atoms with van der Waals surface area (Å²) in [5.74, 6) is -0.971. The van der Waals surface area contributed by atoms with Crippen LogP contribution in [0.1, 0.15) is 16.1 Å². The zero-order chi connectivity index (χ0) is 19.4. The Hall–Kier alpha value is -1.97. The van der Waals surface area contributed by atoms with E-state index in [4.69, 9.17) is 9.47 Å². The Kier molecular flexibility index (Phi) is 6.13. The highest BCUT2D eigenvalue weighted by Gasteiger charge is 2.34. The lowest BCUT2D eigenvalue weighted by atomic mass is 10.2. The maximum atomic E-state index is 12.6. The van der Waals surface area contributed by atoms with Crippen molar-refractivity contribution >= 4 is 43.1 Å².